The van der Waals surface area contributed by atoms with Crippen molar-refractivity contribution in [2.24, 2.45) is 0 Å². The molecule has 0 unspecified atom stereocenters. The Kier molecular flexibility index (Phi) is 7.81. The second-order valence-electron chi connectivity index (χ2n) is 8.15. The van der Waals surface area contributed by atoms with Crippen molar-refractivity contribution < 1.29 is 65.0 Å². The Morgan fingerprint density at radius 2 is 1.50 bits per heavy atom. The van der Waals surface area contributed by atoms with Crippen LogP contribution in [0, 0.1) is 0 Å². The summed E-state index contributed by atoms with van der Waals surface area (Å²) in [5, 5.41) is 18.3. The molecule has 6 nitrogen and oxygen atoms in total. The Morgan fingerprint density at radius 3 is 1.94 bits per heavy atom. The van der Waals surface area contributed by atoms with Crippen LogP contribution in [0.15, 0.2) is 12.1 Å². The van der Waals surface area contributed by atoms with Gasteiger partial charge in [-0.1, -0.05) is 35.3 Å². The Morgan fingerprint density at radius 1 is 1.00 bits per heavy atom. The summed E-state index contributed by atoms with van der Waals surface area (Å²) in [6, 6.07) is 0.775. The van der Waals surface area contributed by atoms with Gasteiger partial charge in [-0.3, -0.25) is 4.79 Å². The van der Waals surface area contributed by atoms with Crippen molar-refractivity contribution in [1.29, 1.82) is 0 Å². The van der Waals surface area contributed by atoms with E-state index < -0.39 is 50.4 Å². The molecule has 1 aromatic heterocycles. The number of hydrogen-bond donors (Lipinski definition) is 1. The Bertz CT molecular complexity index is 1190. The van der Waals surface area contributed by atoms with E-state index >= 15 is 0 Å². The molecule has 2 fully saturated rings. The number of thiazole rings is 1. The number of hydrogen-bond acceptors (Lipinski definition) is 6. The fraction of sp³-hybridized carbons (Fsp3) is 0.450. The maximum atomic E-state index is 13.3. The van der Waals surface area contributed by atoms with E-state index in [9.17, 15) is 46.1 Å². The summed E-state index contributed by atoms with van der Waals surface area (Å²) in [4.78, 5) is 29.8. The van der Waals surface area contributed by atoms with Gasteiger partial charge in [-0.2, -0.15) is 26.3 Å². The number of carboxylic acids is 1. The molecular weight excluding hydrogens is 556 g/mol. The molecule has 0 spiro atoms. The molecule has 0 radical (unpaired) electrons. The quantitative estimate of drug-likeness (QED) is 0.446. The third kappa shape index (κ3) is 4.41. The predicted octanol–water partition coefficient (Wildman–Crippen LogP) is 1.56. The largest absolute Gasteiger partial charge is 1.00 e. The molecule has 1 N–H and O–H groups in total. The van der Waals surface area contributed by atoms with Crippen LogP contribution in [0.2, 0.25) is 10.0 Å². The molecule has 3 heterocycles. The minimum Gasteiger partial charge on any atom is -0.542 e. The van der Waals surface area contributed by atoms with Gasteiger partial charge in [-0.05, 0) is 25.7 Å². The van der Waals surface area contributed by atoms with Gasteiger partial charge in [-0.15, -0.1) is 11.3 Å². The number of amides is 1. The van der Waals surface area contributed by atoms with Crippen molar-refractivity contribution in [2.75, 3.05) is 0 Å². The summed E-state index contributed by atoms with van der Waals surface area (Å²) in [7, 11) is 0. The van der Waals surface area contributed by atoms with Crippen LogP contribution >= 0.6 is 34.5 Å². The summed E-state index contributed by atoms with van der Waals surface area (Å²) in [6.45, 7) is 0. The first kappa shape index (κ1) is 29.1. The summed E-state index contributed by atoms with van der Waals surface area (Å²) < 4.78 is 80.0. The second-order valence-corrected chi connectivity index (χ2v) is 9.91. The molecule has 1 amide bonds. The van der Waals surface area contributed by atoms with E-state index in [1.807, 2.05) is 0 Å². The summed E-state index contributed by atoms with van der Waals surface area (Å²) in [6.07, 6.45) is -9.48. The number of aromatic nitrogens is 1. The van der Waals surface area contributed by atoms with Gasteiger partial charge < -0.3 is 19.9 Å². The predicted molar refractivity (Wildman–Crippen MR) is 110 cm³/mol. The van der Waals surface area contributed by atoms with Gasteiger partial charge in [0.05, 0.1) is 14.9 Å². The molecule has 2 aliphatic heterocycles. The van der Waals surface area contributed by atoms with Gasteiger partial charge in [0.2, 0.25) is 0 Å². The molecule has 1 aromatic carbocycles. The van der Waals surface area contributed by atoms with E-state index in [1.165, 1.54) is 0 Å². The summed E-state index contributed by atoms with van der Waals surface area (Å²) >= 11 is 12.3. The van der Waals surface area contributed by atoms with Crippen LogP contribution in [0.5, 0.6) is 0 Å². The Balaban J connectivity index is 0.00000361. The van der Waals surface area contributed by atoms with E-state index in [2.05, 4.69) is 4.98 Å². The standard InChI is InChI=1S/C20H14Cl2F6N2O4S.Li/c21-11-9(5-6-10(12(11)22)18(34,19(23,24)25)20(26,27)28)14-13(29-15(35-14)17(32)33)16(31)30-7-1-2-8(30)4-3-7;/h5-8,34H,1-4H2,(H,32,33);/q;+1/p-1. The number of alkyl halides is 6. The molecule has 2 aliphatic rings. The Hall–Kier alpha value is -1.49. The number of nitrogens with zero attached hydrogens (tertiary/aromatic N) is 2. The van der Waals surface area contributed by atoms with E-state index in [0.717, 1.165) is 25.7 Å². The van der Waals surface area contributed by atoms with Gasteiger partial charge in [0.25, 0.3) is 11.5 Å². The van der Waals surface area contributed by atoms with Crippen LogP contribution in [-0.4, -0.2) is 51.3 Å². The molecule has 190 valence electrons. The molecule has 36 heavy (non-hydrogen) atoms. The smallest absolute Gasteiger partial charge is 0.542 e. The minimum atomic E-state index is -6.21. The van der Waals surface area contributed by atoms with Crippen molar-refractivity contribution in [3.05, 3.63) is 38.4 Å². The number of aliphatic hydroxyl groups is 1. The van der Waals surface area contributed by atoms with Crippen molar-refractivity contribution in [3.8, 4) is 10.4 Å². The molecular formula is C20H13Cl2F6LiN2O4S. The normalized spacial score (nSPS) is 20.0. The number of fused-ring (bicyclic) bond motifs is 2. The maximum absolute atomic E-state index is 13.3. The first-order valence-electron chi connectivity index (χ1n) is 9.99. The van der Waals surface area contributed by atoms with Crippen molar-refractivity contribution in [3.63, 3.8) is 0 Å². The van der Waals surface area contributed by atoms with E-state index in [1.54, 1.807) is 4.90 Å². The summed E-state index contributed by atoms with van der Waals surface area (Å²) in [5.74, 6) is -2.39. The van der Waals surface area contributed by atoms with Crippen LogP contribution in [0.1, 0.15) is 51.5 Å². The van der Waals surface area contributed by atoms with E-state index in [4.69, 9.17) is 23.2 Å². The first-order chi connectivity index (χ1) is 16.1. The van der Waals surface area contributed by atoms with Gasteiger partial charge in [0, 0.05) is 23.2 Å². The molecule has 2 aromatic rings. The zero-order valence-electron chi connectivity index (χ0n) is 18.1. The third-order valence-electron chi connectivity index (χ3n) is 6.23. The van der Waals surface area contributed by atoms with Crippen LogP contribution in [-0.2, 0) is 5.60 Å². The SMILES string of the molecule is O=C([O-])c1nc(C(=O)N2C3CCC2CC3)c(-c2ccc(C(O)(C(F)(F)F)C(F)(F)F)c(Cl)c2Cl)s1.[Li+]. The molecule has 16 heteroatoms. The third-order valence-corrected chi connectivity index (χ3v) is 8.18. The number of carboxylic acid groups (broad SMARTS) is 1. The average molecular weight is 569 g/mol. The monoisotopic (exact) mass is 568 g/mol. The second kappa shape index (κ2) is 9.67. The van der Waals surface area contributed by atoms with E-state index in [-0.39, 0.29) is 53.1 Å². The number of aromatic carboxylic acids is 1. The van der Waals surface area contributed by atoms with Crippen molar-refractivity contribution in [1.82, 2.24) is 9.88 Å². The number of halogens is 8. The van der Waals surface area contributed by atoms with Crippen molar-refractivity contribution >= 4 is 46.4 Å². The topological polar surface area (TPSA) is 93.6 Å². The number of carbonyl (C=O) groups is 2. The van der Waals surface area contributed by atoms with E-state index in [0.29, 0.717) is 17.4 Å². The van der Waals surface area contributed by atoms with Gasteiger partial charge >= 0.3 is 31.2 Å². The minimum absolute atomic E-state index is 0. The fourth-order valence-electron chi connectivity index (χ4n) is 4.57. The number of carbonyl (C=O) groups excluding carboxylic acids is 2. The van der Waals surface area contributed by atoms with Crippen LogP contribution in [0.25, 0.3) is 10.4 Å². The zero-order chi connectivity index (χ0) is 26.1. The van der Waals surface area contributed by atoms with Gasteiger partial charge in [-0.25, -0.2) is 4.98 Å². The first-order valence-corrected chi connectivity index (χ1v) is 11.6. The Labute approximate surface area is 225 Å². The van der Waals surface area contributed by atoms with Crippen LogP contribution in [0.4, 0.5) is 26.3 Å². The maximum Gasteiger partial charge on any atom is 1.00 e. The molecule has 2 bridgehead atoms. The molecule has 4 rings (SSSR count). The number of benzene rings is 1. The molecule has 2 saturated heterocycles. The van der Waals surface area contributed by atoms with Crippen LogP contribution < -0.4 is 24.0 Å². The van der Waals surface area contributed by atoms with Crippen molar-refractivity contribution in [2.45, 2.75) is 55.7 Å². The van der Waals surface area contributed by atoms with Crippen LogP contribution in [0.3, 0.4) is 0 Å². The molecule has 0 atom stereocenters. The van der Waals surface area contributed by atoms with Gasteiger partial charge in [0.1, 0.15) is 16.7 Å². The molecule has 0 aliphatic carbocycles. The summed E-state index contributed by atoms with van der Waals surface area (Å²) in [5.41, 5.74) is -7.83. The van der Waals surface area contributed by atoms with Gasteiger partial charge in [0.15, 0.2) is 0 Å². The number of rotatable bonds is 4. The average Bonchev–Trinajstić information content (AvgIpc) is 3.47. The fourth-order valence-corrected chi connectivity index (χ4v) is 6.11. The molecule has 0 saturated carbocycles. The zero-order valence-corrected chi connectivity index (χ0v) is 20.5.